The molecule has 0 saturated heterocycles. The summed E-state index contributed by atoms with van der Waals surface area (Å²) in [7, 11) is 0. The van der Waals surface area contributed by atoms with Crippen LogP contribution >= 0.6 is 15.9 Å². The van der Waals surface area contributed by atoms with Crippen molar-refractivity contribution >= 4 is 15.9 Å². The molecule has 0 radical (unpaired) electrons. The summed E-state index contributed by atoms with van der Waals surface area (Å²) in [5.74, 6) is 0.121. The Labute approximate surface area is 123 Å². The number of hydrogen-bond acceptors (Lipinski definition) is 1. The molecule has 2 heteroatoms. The van der Waals surface area contributed by atoms with Gasteiger partial charge in [0.1, 0.15) is 0 Å². The third-order valence-corrected chi connectivity index (χ3v) is 3.89. The topological polar surface area (TPSA) is 26.0 Å². The lowest BCUT2D eigenvalue weighted by Gasteiger charge is -2.22. The van der Waals surface area contributed by atoms with E-state index in [0.717, 1.165) is 10.0 Å². The van der Waals surface area contributed by atoms with Gasteiger partial charge in [0.2, 0.25) is 0 Å². The zero-order valence-electron chi connectivity index (χ0n) is 11.0. The van der Waals surface area contributed by atoms with Crippen LogP contribution in [0.25, 0.3) is 0 Å². The van der Waals surface area contributed by atoms with Gasteiger partial charge in [-0.1, -0.05) is 64.0 Å². The minimum Gasteiger partial charge on any atom is -0.323 e. The van der Waals surface area contributed by atoms with Gasteiger partial charge in [0.15, 0.2) is 0 Å². The van der Waals surface area contributed by atoms with E-state index in [-0.39, 0.29) is 12.0 Å². The molecule has 1 nitrogen and oxygen atoms in total. The lowest BCUT2D eigenvalue weighted by atomic mass is 9.87. The molecule has 0 aliphatic rings. The molecule has 98 valence electrons. The Morgan fingerprint density at radius 3 is 2.05 bits per heavy atom. The minimum atomic E-state index is -0.0701. The second kappa shape index (κ2) is 6.18. The Kier molecular flexibility index (Phi) is 4.56. The average molecular weight is 316 g/mol. The monoisotopic (exact) mass is 315 g/mol. The highest BCUT2D eigenvalue weighted by Crippen LogP contribution is 2.30. The molecule has 2 rings (SSSR count). The smallest absolute Gasteiger partial charge is 0.0399 e. The van der Waals surface area contributed by atoms with Crippen LogP contribution in [-0.2, 0) is 0 Å². The lowest BCUT2D eigenvalue weighted by molar-refractivity contribution is 0.647. The Morgan fingerprint density at radius 2 is 1.53 bits per heavy atom. The third-order valence-electron chi connectivity index (χ3n) is 3.36. The Bertz CT molecular complexity index is 542. The zero-order chi connectivity index (χ0) is 13.8. The van der Waals surface area contributed by atoms with Crippen molar-refractivity contribution in [2.45, 2.75) is 18.9 Å². The van der Waals surface area contributed by atoms with E-state index < -0.39 is 0 Å². The molecule has 0 fully saturated rings. The Balaban J connectivity index is 2.28. The molecule has 0 aliphatic heterocycles. The fourth-order valence-corrected chi connectivity index (χ4v) is 2.44. The van der Waals surface area contributed by atoms with E-state index in [9.17, 15) is 0 Å². The standard InChI is InChI=1S/C17H18BrN/c1-3-16(13-8-10-15(18)11-9-13)17(19)14-6-4-12(2)5-7-14/h3-11,16-17H,1,19H2,2H3/t16-,17+/m1/s1. The third kappa shape index (κ3) is 3.34. The van der Waals surface area contributed by atoms with Crippen molar-refractivity contribution in [3.8, 4) is 0 Å². The predicted molar refractivity (Wildman–Crippen MR) is 85.2 cm³/mol. The summed E-state index contributed by atoms with van der Waals surface area (Å²) in [4.78, 5) is 0. The van der Waals surface area contributed by atoms with Gasteiger partial charge in [-0.05, 0) is 30.2 Å². The molecule has 19 heavy (non-hydrogen) atoms. The van der Waals surface area contributed by atoms with Crippen molar-refractivity contribution in [2.24, 2.45) is 5.73 Å². The molecule has 2 atom stereocenters. The van der Waals surface area contributed by atoms with Crippen molar-refractivity contribution in [1.82, 2.24) is 0 Å². The van der Waals surface area contributed by atoms with E-state index in [1.807, 2.05) is 18.2 Å². The molecule has 0 spiro atoms. The number of benzene rings is 2. The molecule has 0 aliphatic carbocycles. The van der Waals surface area contributed by atoms with E-state index >= 15 is 0 Å². The molecule has 0 unspecified atom stereocenters. The maximum absolute atomic E-state index is 6.39. The zero-order valence-corrected chi connectivity index (χ0v) is 12.6. The first-order chi connectivity index (χ1) is 9.11. The molecule has 0 heterocycles. The molecule has 2 aromatic rings. The van der Waals surface area contributed by atoms with E-state index in [2.05, 4.69) is 65.8 Å². The van der Waals surface area contributed by atoms with Crippen molar-refractivity contribution in [2.75, 3.05) is 0 Å². The Morgan fingerprint density at radius 1 is 1.00 bits per heavy atom. The number of halogens is 1. The lowest BCUT2D eigenvalue weighted by Crippen LogP contribution is -2.18. The van der Waals surface area contributed by atoms with Gasteiger partial charge in [-0.15, -0.1) is 6.58 Å². The van der Waals surface area contributed by atoms with Crippen LogP contribution in [0.15, 0.2) is 65.7 Å². The van der Waals surface area contributed by atoms with Gasteiger partial charge in [-0.3, -0.25) is 0 Å². The second-order valence-electron chi connectivity index (χ2n) is 4.75. The molecule has 2 N–H and O–H groups in total. The van der Waals surface area contributed by atoms with Gasteiger partial charge in [0.25, 0.3) is 0 Å². The number of hydrogen-bond donors (Lipinski definition) is 1. The minimum absolute atomic E-state index is 0.0701. The number of rotatable bonds is 4. The summed E-state index contributed by atoms with van der Waals surface area (Å²) in [5.41, 5.74) is 9.96. The van der Waals surface area contributed by atoms with Crippen molar-refractivity contribution < 1.29 is 0 Å². The van der Waals surface area contributed by atoms with Gasteiger partial charge in [-0.25, -0.2) is 0 Å². The normalized spacial score (nSPS) is 13.8. The largest absolute Gasteiger partial charge is 0.323 e. The van der Waals surface area contributed by atoms with E-state index in [4.69, 9.17) is 5.73 Å². The molecular formula is C17H18BrN. The molecule has 0 amide bonds. The molecule has 0 bridgehead atoms. The van der Waals surface area contributed by atoms with Gasteiger partial charge in [0, 0.05) is 16.4 Å². The van der Waals surface area contributed by atoms with Gasteiger partial charge in [0.05, 0.1) is 0 Å². The summed E-state index contributed by atoms with van der Waals surface area (Å²) in [6.45, 7) is 6.01. The summed E-state index contributed by atoms with van der Waals surface area (Å²) in [6.07, 6.45) is 1.92. The second-order valence-corrected chi connectivity index (χ2v) is 5.67. The fourth-order valence-electron chi connectivity index (χ4n) is 2.17. The van der Waals surface area contributed by atoms with Crippen molar-refractivity contribution in [3.63, 3.8) is 0 Å². The average Bonchev–Trinajstić information content (AvgIpc) is 2.42. The van der Waals surface area contributed by atoms with Crippen LogP contribution in [-0.4, -0.2) is 0 Å². The number of nitrogens with two attached hydrogens (primary N) is 1. The van der Waals surface area contributed by atoms with Crippen LogP contribution in [0, 0.1) is 6.92 Å². The molecule has 2 aromatic carbocycles. The first-order valence-electron chi connectivity index (χ1n) is 6.32. The van der Waals surface area contributed by atoms with Gasteiger partial charge < -0.3 is 5.73 Å². The van der Waals surface area contributed by atoms with Crippen molar-refractivity contribution in [3.05, 3.63) is 82.3 Å². The van der Waals surface area contributed by atoms with E-state index in [0.29, 0.717) is 0 Å². The SMILES string of the molecule is C=C[C@H](c1ccc(Br)cc1)[C@@H](N)c1ccc(C)cc1. The van der Waals surface area contributed by atoms with Crippen LogP contribution in [0.4, 0.5) is 0 Å². The first kappa shape index (κ1) is 14.0. The molecule has 0 saturated carbocycles. The van der Waals surface area contributed by atoms with Crippen LogP contribution in [0.1, 0.15) is 28.7 Å². The van der Waals surface area contributed by atoms with Crippen LogP contribution < -0.4 is 5.73 Å². The summed E-state index contributed by atoms with van der Waals surface area (Å²) in [6, 6.07) is 16.5. The summed E-state index contributed by atoms with van der Waals surface area (Å²) in [5, 5.41) is 0. The van der Waals surface area contributed by atoms with Crippen LogP contribution in [0.3, 0.4) is 0 Å². The highest BCUT2D eigenvalue weighted by Gasteiger charge is 2.18. The molecular weight excluding hydrogens is 298 g/mol. The fraction of sp³-hybridized carbons (Fsp3) is 0.176. The van der Waals surface area contributed by atoms with Crippen LogP contribution in [0.5, 0.6) is 0 Å². The van der Waals surface area contributed by atoms with Crippen molar-refractivity contribution in [1.29, 1.82) is 0 Å². The highest BCUT2D eigenvalue weighted by atomic mass is 79.9. The van der Waals surface area contributed by atoms with Gasteiger partial charge >= 0.3 is 0 Å². The predicted octanol–water partition coefficient (Wildman–Crippen LogP) is 4.73. The van der Waals surface area contributed by atoms with Gasteiger partial charge in [-0.2, -0.15) is 0 Å². The maximum atomic E-state index is 6.39. The highest BCUT2D eigenvalue weighted by molar-refractivity contribution is 9.10. The number of aryl methyl sites for hydroxylation is 1. The van der Waals surface area contributed by atoms with E-state index in [1.165, 1.54) is 11.1 Å². The summed E-state index contributed by atoms with van der Waals surface area (Å²) >= 11 is 3.45. The first-order valence-corrected chi connectivity index (χ1v) is 7.11. The van der Waals surface area contributed by atoms with Crippen LogP contribution in [0.2, 0.25) is 0 Å². The maximum Gasteiger partial charge on any atom is 0.0399 e. The van der Waals surface area contributed by atoms with E-state index in [1.54, 1.807) is 0 Å². The molecule has 0 aromatic heterocycles. The Hall–Kier alpha value is -1.38. The quantitative estimate of drug-likeness (QED) is 0.811. The summed E-state index contributed by atoms with van der Waals surface area (Å²) < 4.78 is 1.07.